The van der Waals surface area contributed by atoms with Crippen LogP contribution in [0.5, 0.6) is 0 Å². The second kappa shape index (κ2) is 18.6. The van der Waals surface area contributed by atoms with Crippen LogP contribution in [0.4, 0.5) is 38.0 Å². The third-order valence-electron chi connectivity index (χ3n) is 6.88. The van der Waals surface area contributed by atoms with E-state index in [4.69, 9.17) is 15.0 Å². The molecule has 16 heteroatoms. The molecule has 3 aromatic rings. The molecule has 252 valence electrons. The van der Waals surface area contributed by atoms with Gasteiger partial charge in [0.2, 0.25) is 23.8 Å². The number of carbonyl (C=O) groups excluding carboxylic acids is 2. The van der Waals surface area contributed by atoms with Gasteiger partial charge >= 0.3 is 0 Å². The van der Waals surface area contributed by atoms with E-state index in [9.17, 15) is 18.4 Å². The molecule has 0 unspecified atom stereocenters. The highest BCUT2D eigenvalue weighted by atomic mass is 35.5. The first-order chi connectivity index (χ1) is 18.9. The van der Waals surface area contributed by atoms with Crippen molar-refractivity contribution in [3.05, 3.63) is 59.7 Å². The van der Waals surface area contributed by atoms with Crippen LogP contribution in [0.2, 0.25) is 0 Å². The molecular formula is C28H52ClF2N11O2. The van der Waals surface area contributed by atoms with E-state index in [1.54, 1.807) is 24.3 Å². The van der Waals surface area contributed by atoms with Crippen molar-refractivity contribution in [3.8, 4) is 0 Å². The van der Waals surface area contributed by atoms with Gasteiger partial charge in [0.15, 0.2) is 17.4 Å². The molecule has 2 aliphatic rings. The Bertz CT molecular complexity index is 1320. The predicted molar refractivity (Wildman–Crippen MR) is 181 cm³/mol. The molecule has 5 rings (SSSR count). The number of aromatic nitrogens is 3. The zero-order chi connectivity index (χ0) is 27.2. The lowest BCUT2D eigenvalue weighted by Crippen LogP contribution is -2.34. The highest BCUT2D eigenvalue weighted by Crippen LogP contribution is 2.24. The lowest BCUT2D eigenvalue weighted by Gasteiger charge is -2.30. The molecule has 0 saturated carbocycles. The first-order valence-corrected chi connectivity index (χ1v) is 13.4. The summed E-state index contributed by atoms with van der Waals surface area (Å²) in [6.45, 7) is 3.68. The molecule has 0 atom stereocenters. The Morgan fingerprint density at radius 1 is 0.705 bits per heavy atom. The van der Waals surface area contributed by atoms with E-state index in [1.165, 1.54) is 18.9 Å². The molecule has 0 radical (unpaired) electrons. The van der Waals surface area contributed by atoms with Crippen molar-refractivity contribution < 1.29 is 24.1 Å². The minimum atomic E-state index is -1.08. The average Bonchev–Trinajstić information content (AvgIpc) is 2.96. The molecule has 44 heavy (non-hydrogen) atoms. The lowest BCUT2D eigenvalue weighted by atomic mass is 10.1. The van der Waals surface area contributed by atoms with Gasteiger partial charge in [0.05, 0.1) is 6.42 Å². The van der Waals surface area contributed by atoms with Crippen molar-refractivity contribution in [1.82, 2.24) is 39.6 Å². The largest absolute Gasteiger partial charge is 0.344 e. The number of nitrogens with zero attached hydrogens (tertiary/aromatic N) is 5. The van der Waals surface area contributed by atoms with Crippen LogP contribution < -0.4 is 45.0 Å². The Morgan fingerprint density at radius 3 is 1.70 bits per heavy atom. The van der Waals surface area contributed by atoms with Crippen LogP contribution in [0.25, 0.3) is 0 Å². The number of ketones is 1. The number of rotatable bonds is 8. The summed E-state index contributed by atoms with van der Waals surface area (Å²) in [5.74, 6) is -1.32. The summed E-state index contributed by atoms with van der Waals surface area (Å²) < 4.78 is 26.5. The normalized spacial score (nSPS) is 13.9. The molecule has 2 fully saturated rings. The predicted octanol–water partition coefficient (Wildman–Crippen LogP) is 7.14. The molecule has 3 heterocycles. The second-order valence-corrected chi connectivity index (χ2v) is 9.83. The van der Waals surface area contributed by atoms with Gasteiger partial charge in [-0.05, 0) is 74.9 Å². The number of hydrogen-bond donors (Lipinski definition) is 6. The van der Waals surface area contributed by atoms with Crippen molar-refractivity contribution in [2.75, 3.05) is 46.6 Å². The van der Waals surface area contributed by atoms with Gasteiger partial charge in [-0.3, -0.25) is 9.59 Å². The van der Waals surface area contributed by atoms with Crippen LogP contribution >= 0.6 is 12.4 Å². The van der Waals surface area contributed by atoms with Crippen molar-refractivity contribution >= 4 is 53.3 Å². The lowest BCUT2D eigenvalue weighted by molar-refractivity contribution is -0.115. The van der Waals surface area contributed by atoms with Gasteiger partial charge in [-0.25, -0.2) is 8.78 Å². The molecule has 1 aromatic heterocycles. The molecule has 2 saturated heterocycles. The number of anilines is 5. The molecule has 0 spiro atoms. The molecule has 0 bridgehead atoms. The van der Waals surface area contributed by atoms with Gasteiger partial charge in [-0.15, -0.1) is 12.4 Å². The van der Waals surface area contributed by atoms with Crippen LogP contribution in [-0.4, -0.2) is 52.8 Å². The molecule has 14 N–H and O–H groups in total. The number of amides is 1. The number of carbonyl (C=O) groups is 2. The number of piperidine rings is 2. The van der Waals surface area contributed by atoms with E-state index < -0.39 is 29.7 Å². The van der Waals surface area contributed by atoms with Crippen LogP contribution in [0.3, 0.4) is 0 Å². The average molecular weight is 648 g/mol. The summed E-state index contributed by atoms with van der Waals surface area (Å²) in [5.41, 5.74) is 1.12. The highest BCUT2D eigenvalue weighted by Gasteiger charge is 2.21. The van der Waals surface area contributed by atoms with Gasteiger partial charge in [0.25, 0.3) is 0 Å². The topological polar surface area (TPSA) is 243 Å². The molecule has 0 aliphatic carbocycles. The van der Waals surface area contributed by atoms with Crippen LogP contribution in [0.15, 0.2) is 42.5 Å². The second-order valence-electron chi connectivity index (χ2n) is 9.83. The molecule has 1 amide bonds. The standard InChI is InChI=1S/C28H31F2N7O2.ClH.4H3N.4H2/c29-22-12-11-21(17-23(22)30)31-25(39)18-24(38)19-7-9-20(10-8-19)32-26-33-27(36-13-3-1-4-14-36)35-28(34-26)37-15-5-2-6-16-37;;;;;;;;;/h7-12,17H,1-6,13-16,18H2,(H,31,39)(H,32,33,34,35);1H;4*1H3;4*1H. The third-order valence-corrected chi connectivity index (χ3v) is 6.88. The summed E-state index contributed by atoms with van der Waals surface area (Å²) in [5, 5.41) is 5.65. The number of Topliss-reactive ketones (excluding diaryl/α,β-unsaturated/α-hetero) is 1. The SMILES string of the molecule is Cl.N.N.N.N.O=C(CC(=O)c1ccc(Nc2nc(N3CCCCC3)nc(N3CCCCC3)n2)cc1)Nc1ccc(F)c(F)c1.[HH].[HH].[HH].[HH]. The van der Waals surface area contributed by atoms with Crippen molar-refractivity contribution in [2.45, 2.75) is 44.9 Å². The highest BCUT2D eigenvalue weighted by molar-refractivity contribution is 6.11. The molecule has 2 aliphatic heterocycles. The summed E-state index contributed by atoms with van der Waals surface area (Å²) in [6, 6.07) is 9.71. The quantitative estimate of drug-likeness (QED) is 0.105. The zero-order valence-corrected chi connectivity index (χ0v) is 25.7. The van der Waals surface area contributed by atoms with Crippen LogP contribution in [0, 0.1) is 11.6 Å². The minimum absolute atomic E-state index is 0. The van der Waals surface area contributed by atoms with Gasteiger partial charge in [-0.2, -0.15) is 15.0 Å². The minimum Gasteiger partial charge on any atom is -0.344 e. The Morgan fingerprint density at radius 2 is 1.20 bits per heavy atom. The fourth-order valence-electron chi connectivity index (χ4n) is 4.78. The summed E-state index contributed by atoms with van der Waals surface area (Å²) in [6.07, 6.45) is 6.44. The maximum Gasteiger partial charge on any atom is 0.233 e. The van der Waals surface area contributed by atoms with Crippen molar-refractivity contribution in [2.24, 2.45) is 0 Å². The first-order valence-electron chi connectivity index (χ1n) is 13.4. The Kier molecular flexibility index (Phi) is 16.9. The maximum absolute atomic E-state index is 13.4. The van der Waals surface area contributed by atoms with Gasteiger partial charge in [0, 0.05) is 54.9 Å². The Labute approximate surface area is 268 Å². The number of halogens is 3. The number of nitrogens with one attached hydrogen (secondary N) is 2. The van der Waals surface area contributed by atoms with Crippen LogP contribution in [0.1, 0.15) is 61.0 Å². The molecular weight excluding hydrogens is 596 g/mol. The van der Waals surface area contributed by atoms with E-state index in [0.29, 0.717) is 29.1 Å². The van der Waals surface area contributed by atoms with E-state index in [-0.39, 0.29) is 48.4 Å². The smallest absolute Gasteiger partial charge is 0.233 e. The van der Waals surface area contributed by atoms with E-state index in [0.717, 1.165) is 64.0 Å². The van der Waals surface area contributed by atoms with Gasteiger partial charge in [-0.1, -0.05) is 0 Å². The van der Waals surface area contributed by atoms with Crippen molar-refractivity contribution in [3.63, 3.8) is 0 Å². The molecule has 2 aromatic carbocycles. The van der Waals surface area contributed by atoms with E-state index >= 15 is 0 Å². The molecule has 13 nitrogen and oxygen atoms in total. The summed E-state index contributed by atoms with van der Waals surface area (Å²) >= 11 is 0. The number of hydrogen-bond acceptors (Lipinski definition) is 12. The van der Waals surface area contributed by atoms with E-state index in [1.807, 2.05) is 0 Å². The third kappa shape index (κ3) is 10.3. The van der Waals surface area contributed by atoms with Crippen LogP contribution in [-0.2, 0) is 4.79 Å². The van der Waals surface area contributed by atoms with E-state index in [2.05, 4.69) is 20.4 Å². The van der Waals surface area contributed by atoms with Crippen molar-refractivity contribution in [1.29, 1.82) is 0 Å². The maximum atomic E-state index is 13.4. The van der Waals surface area contributed by atoms with Gasteiger partial charge in [0.1, 0.15) is 0 Å². The Hall–Kier alpha value is -4.02. The summed E-state index contributed by atoms with van der Waals surface area (Å²) in [7, 11) is 0. The fourth-order valence-corrected chi connectivity index (χ4v) is 4.78. The first kappa shape index (κ1) is 40.0. The Balaban J connectivity index is -0.000000685. The zero-order valence-electron chi connectivity index (χ0n) is 24.9. The number of benzene rings is 2. The van der Waals surface area contributed by atoms with Gasteiger partial charge < -0.3 is 45.0 Å². The summed E-state index contributed by atoms with van der Waals surface area (Å²) in [4.78, 5) is 43.4. The monoisotopic (exact) mass is 647 g/mol. The fraction of sp³-hybridized carbons (Fsp3) is 0.393.